The Morgan fingerprint density at radius 2 is 2.29 bits per heavy atom. The van der Waals surface area contributed by atoms with Gasteiger partial charge in [0.25, 0.3) is 0 Å². The maximum atomic E-state index is 5.74. The molecule has 2 rings (SSSR count). The van der Waals surface area contributed by atoms with Crippen LogP contribution < -0.4 is 5.32 Å². The summed E-state index contributed by atoms with van der Waals surface area (Å²) >= 11 is 1.69. The summed E-state index contributed by atoms with van der Waals surface area (Å²) in [6, 6.07) is 4.11. The van der Waals surface area contributed by atoms with E-state index in [0.717, 1.165) is 13.0 Å². The minimum Gasteiger partial charge on any atom is -0.343 e. The van der Waals surface area contributed by atoms with Crippen molar-refractivity contribution in [3.8, 4) is 0 Å². The summed E-state index contributed by atoms with van der Waals surface area (Å²) in [6.07, 6.45) is 0.865. The third kappa shape index (κ3) is 1.83. The quantitative estimate of drug-likeness (QED) is 0.823. The molecule has 0 aromatic carbocycles. The maximum Gasteiger partial charge on any atom is 0.205 e. The molecule has 0 bridgehead atoms. The maximum absolute atomic E-state index is 5.74. The first-order valence-corrected chi connectivity index (χ1v) is 5.72. The first-order chi connectivity index (χ1) is 6.87. The predicted octanol–water partition coefficient (Wildman–Crippen LogP) is 1.56. The molecule has 0 spiro atoms. The van der Waals surface area contributed by atoms with E-state index in [9.17, 15) is 0 Å². The van der Waals surface area contributed by atoms with Crippen LogP contribution >= 0.6 is 11.3 Å². The fraction of sp³-hybridized carbons (Fsp3) is 0.600. The van der Waals surface area contributed by atoms with Gasteiger partial charge >= 0.3 is 0 Å². The molecular weight excluding hydrogens is 198 g/mol. The standard InChI is InChI=1S/C10H15NO2S/c1-11-5-4-10(12-6-7-13-10)9-3-2-8-14-9/h2-3,8,11H,4-7H2,1H3. The normalized spacial score (nSPS) is 20.1. The molecule has 0 saturated carbocycles. The summed E-state index contributed by atoms with van der Waals surface area (Å²) in [5, 5.41) is 5.18. The van der Waals surface area contributed by atoms with Crippen LogP contribution in [0.2, 0.25) is 0 Å². The van der Waals surface area contributed by atoms with Crippen LogP contribution in [0.25, 0.3) is 0 Å². The van der Waals surface area contributed by atoms with Crippen LogP contribution in [0.1, 0.15) is 11.3 Å². The molecule has 1 aromatic rings. The van der Waals surface area contributed by atoms with Crippen molar-refractivity contribution in [1.29, 1.82) is 0 Å². The van der Waals surface area contributed by atoms with Crippen molar-refractivity contribution in [3.05, 3.63) is 22.4 Å². The molecule has 1 N–H and O–H groups in total. The number of ether oxygens (including phenoxy) is 2. The predicted molar refractivity (Wildman–Crippen MR) is 56.4 cm³/mol. The van der Waals surface area contributed by atoms with E-state index in [0.29, 0.717) is 13.2 Å². The summed E-state index contributed by atoms with van der Waals surface area (Å²) in [5.41, 5.74) is 0. The summed E-state index contributed by atoms with van der Waals surface area (Å²) in [4.78, 5) is 1.17. The van der Waals surface area contributed by atoms with Gasteiger partial charge in [0.1, 0.15) is 0 Å². The molecular formula is C10H15NO2S. The molecule has 0 aliphatic carbocycles. The van der Waals surface area contributed by atoms with Gasteiger partial charge < -0.3 is 14.8 Å². The molecule has 14 heavy (non-hydrogen) atoms. The van der Waals surface area contributed by atoms with E-state index in [1.54, 1.807) is 11.3 Å². The van der Waals surface area contributed by atoms with Gasteiger partial charge in [0, 0.05) is 13.0 Å². The third-order valence-electron chi connectivity index (χ3n) is 2.35. The summed E-state index contributed by atoms with van der Waals surface area (Å²) in [5.74, 6) is -0.475. The van der Waals surface area contributed by atoms with Gasteiger partial charge in [0.2, 0.25) is 5.79 Å². The van der Waals surface area contributed by atoms with Crippen molar-refractivity contribution in [1.82, 2.24) is 5.32 Å². The molecule has 0 unspecified atom stereocenters. The van der Waals surface area contributed by atoms with Gasteiger partial charge in [-0.05, 0) is 18.5 Å². The molecule has 1 aromatic heterocycles. The summed E-state index contributed by atoms with van der Waals surface area (Å²) in [7, 11) is 1.94. The molecule has 1 saturated heterocycles. The highest BCUT2D eigenvalue weighted by molar-refractivity contribution is 7.10. The third-order valence-corrected chi connectivity index (χ3v) is 3.35. The number of hydrogen-bond acceptors (Lipinski definition) is 4. The van der Waals surface area contributed by atoms with E-state index in [2.05, 4.69) is 16.8 Å². The molecule has 0 amide bonds. The van der Waals surface area contributed by atoms with Crippen LogP contribution in [0.5, 0.6) is 0 Å². The van der Waals surface area contributed by atoms with E-state index in [4.69, 9.17) is 9.47 Å². The minimum absolute atomic E-state index is 0.475. The Labute approximate surface area is 88.0 Å². The van der Waals surface area contributed by atoms with Crippen LogP contribution in [0, 0.1) is 0 Å². The van der Waals surface area contributed by atoms with Crippen molar-refractivity contribution >= 4 is 11.3 Å². The second-order valence-electron chi connectivity index (χ2n) is 3.28. The lowest BCUT2D eigenvalue weighted by Crippen LogP contribution is -2.30. The minimum atomic E-state index is -0.475. The Kier molecular flexibility index (Phi) is 3.18. The van der Waals surface area contributed by atoms with Crippen molar-refractivity contribution < 1.29 is 9.47 Å². The Hall–Kier alpha value is -0.420. The number of thiophene rings is 1. The van der Waals surface area contributed by atoms with E-state index < -0.39 is 5.79 Å². The second-order valence-corrected chi connectivity index (χ2v) is 4.23. The second kappa shape index (κ2) is 4.40. The number of rotatable bonds is 4. The van der Waals surface area contributed by atoms with Crippen LogP contribution in [0.15, 0.2) is 17.5 Å². The zero-order chi connectivity index (χ0) is 9.86. The summed E-state index contributed by atoms with van der Waals surface area (Å²) in [6.45, 7) is 2.29. The molecule has 0 radical (unpaired) electrons. The van der Waals surface area contributed by atoms with Crippen molar-refractivity contribution in [2.24, 2.45) is 0 Å². The van der Waals surface area contributed by atoms with Crippen LogP contribution in [0.4, 0.5) is 0 Å². The number of hydrogen-bond donors (Lipinski definition) is 1. The molecule has 4 heteroatoms. The Morgan fingerprint density at radius 1 is 1.50 bits per heavy atom. The van der Waals surface area contributed by atoms with Crippen molar-refractivity contribution in [2.75, 3.05) is 26.8 Å². The highest BCUT2D eigenvalue weighted by Crippen LogP contribution is 2.37. The van der Waals surface area contributed by atoms with Crippen LogP contribution in [-0.4, -0.2) is 26.8 Å². The fourth-order valence-corrected chi connectivity index (χ4v) is 2.51. The average molecular weight is 213 g/mol. The Morgan fingerprint density at radius 3 is 2.86 bits per heavy atom. The molecule has 1 fully saturated rings. The van der Waals surface area contributed by atoms with Crippen molar-refractivity contribution in [2.45, 2.75) is 12.2 Å². The zero-order valence-corrected chi connectivity index (χ0v) is 9.10. The highest BCUT2D eigenvalue weighted by atomic mass is 32.1. The van der Waals surface area contributed by atoms with Gasteiger partial charge in [0.15, 0.2) is 0 Å². The first kappa shape index (κ1) is 10.1. The lowest BCUT2D eigenvalue weighted by molar-refractivity contribution is -0.166. The lowest BCUT2D eigenvalue weighted by atomic mass is 10.1. The topological polar surface area (TPSA) is 30.5 Å². The molecule has 1 aliphatic rings. The van der Waals surface area contributed by atoms with Gasteiger partial charge in [-0.2, -0.15) is 0 Å². The molecule has 2 heterocycles. The fourth-order valence-electron chi connectivity index (χ4n) is 1.65. The molecule has 78 valence electrons. The Bertz CT molecular complexity index is 268. The first-order valence-electron chi connectivity index (χ1n) is 4.84. The van der Waals surface area contributed by atoms with Gasteiger partial charge in [-0.3, -0.25) is 0 Å². The zero-order valence-electron chi connectivity index (χ0n) is 8.29. The SMILES string of the molecule is CNCCC1(c2cccs2)OCCO1. The van der Waals surface area contributed by atoms with Gasteiger partial charge in [-0.25, -0.2) is 0 Å². The van der Waals surface area contributed by atoms with Gasteiger partial charge in [-0.1, -0.05) is 6.07 Å². The highest BCUT2D eigenvalue weighted by Gasteiger charge is 2.38. The molecule has 0 atom stereocenters. The van der Waals surface area contributed by atoms with Gasteiger partial charge in [-0.15, -0.1) is 11.3 Å². The van der Waals surface area contributed by atoms with E-state index in [1.165, 1.54) is 4.88 Å². The Balaban J connectivity index is 2.14. The number of nitrogens with one attached hydrogen (secondary N) is 1. The van der Waals surface area contributed by atoms with E-state index >= 15 is 0 Å². The van der Waals surface area contributed by atoms with Gasteiger partial charge in [0.05, 0.1) is 18.1 Å². The van der Waals surface area contributed by atoms with Crippen molar-refractivity contribution in [3.63, 3.8) is 0 Å². The summed E-state index contributed by atoms with van der Waals surface area (Å²) < 4.78 is 11.5. The van der Waals surface area contributed by atoms with Crippen LogP contribution in [0.3, 0.4) is 0 Å². The lowest BCUT2D eigenvalue weighted by Gasteiger charge is -2.25. The van der Waals surface area contributed by atoms with E-state index in [1.807, 2.05) is 13.1 Å². The smallest absolute Gasteiger partial charge is 0.205 e. The molecule has 3 nitrogen and oxygen atoms in total. The monoisotopic (exact) mass is 213 g/mol. The van der Waals surface area contributed by atoms with Crippen LogP contribution in [-0.2, 0) is 15.3 Å². The largest absolute Gasteiger partial charge is 0.343 e. The van der Waals surface area contributed by atoms with E-state index in [-0.39, 0.29) is 0 Å². The molecule has 1 aliphatic heterocycles. The average Bonchev–Trinajstić information content (AvgIpc) is 2.86.